The number of carbonyl (C=O) groups is 1. The van der Waals surface area contributed by atoms with Gasteiger partial charge in [-0.15, -0.1) is 6.42 Å². The van der Waals surface area contributed by atoms with Crippen LogP contribution in [0.25, 0.3) is 0 Å². The third-order valence-electron chi connectivity index (χ3n) is 4.74. The number of aliphatic hydroxyl groups excluding tert-OH is 1. The highest BCUT2D eigenvalue weighted by Crippen LogP contribution is 2.45. The second-order valence-electron chi connectivity index (χ2n) is 7.13. The van der Waals surface area contributed by atoms with Crippen LogP contribution in [0.4, 0.5) is 0 Å². The Labute approximate surface area is 183 Å². The minimum atomic E-state index is -3.20. The van der Waals surface area contributed by atoms with Gasteiger partial charge in [0.2, 0.25) is 0 Å². The Morgan fingerprint density at radius 2 is 2.00 bits per heavy atom. The Balaban J connectivity index is 2.06. The van der Waals surface area contributed by atoms with Crippen LogP contribution in [0.15, 0.2) is 30.3 Å². The lowest BCUT2D eigenvalue weighted by Crippen LogP contribution is -2.38. The van der Waals surface area contributed by atoms with Crippen molar-refractivity contribution in [2.24, 2.45) is 0 Å². The number of aliphatic hydroxyl groups is 1. The van der Waals surface area contributed by atoms with Crippen molar-refractivity contribution >= 4 is 24.4 Å². The first-order valence-corrected chi connectivity index (χ1v) is 12.6. The highest BCUT2D eigenvalue weighted by atomic mass is 32.5. The van der Waals surface area contributed by atoms with Crippen molar-refractivity contribution in [1.82, 2.24) is 5.09 Å². The van der Waals surface area contributed by atoms with E-state index in [1.54, 1.807) is 31.2 Å². The summed E-state index contributed by atoms with van der Waals surface area (Å²) in [5.74, 6) is 2.29. The van der Waals surface area contributed by atoms with Crippen LogP contribution >= 0.6 is 6.64 Å². The van der Waals surface area contributed by atoms with Gasteiger partial charge in [0.25, 0.3) is 0 Å². The fourth-order valence-corrected chi connectivity index (χ4v) is 5.43. The maximum absolute atomic E-state index is 12.6. The van der Waals surface area contributed by atoms with Crippen molar-refractivity contribution in [3.05, 3.63) is 30.3 Å². The lowest BCUT2D eigenvalue weighted by molar-refractivity contribution is -0.152. The Morgan fingerprint density at radius 1 is 1.33 bits per heavy atom. The predicted molar refractivity (Wildman–Crippen MR) is 119 cm³/mol. The van der Waals surface area contributed by atoms with E-state index in [2.05, 4.69) is 11.0 Å². The number of benzene rings is 1. The number of hydrogen-bond acceptors (Lipinski definition) is 7. The fourth-order valence-electron chi connectivity index (χ4n) is 3.02. The van der Waals surface area contributed by atoms with Gasteiger partial charge in [-0.3, -0.25) is 4.79 Å². The zero-order chi connectivity index (χ0) is 22.0. The number of esters is 1. The molecule has 0 radical (unpaired) electrons. The number of rotatable bonds is 11. The van der Waals surface area contributed by atoms with E-state index in [1.165, 1.54) is 13.5 Å². The SMILES string of the molecule is C#C[C@H](O)C(COP(=S)(NC(C)C(=O)OC1CCCCC1)Oc1ccccc1)OC. The third kappa shape index (κ3) is 7.99. The van der Waals surface area contributed by atoms with E-state index in [0.29, 0.717) is 5.75 Å². The van der Waals surface area contributed by atoms with Gasteiger partial charge in [-0.1, -0.05) is 30.5 Å². The van der Waals surface area contributed by atoms with E-state index in [1.807, 2.05) is 6.07 Å². The molecule has 0 amide bonds. The van der Waals surface area contributed by atoms with Crippen LogP contribution in [-0.4, -0.2) is 49.1 Å². The molecule has 1 fully saturated rings. The van der Waals surface area contributed by atoms with E-state index in [0.717, 1.165) is 25.7 Å². The summed E-state index contributed by atoms with van der Waals surface area (Å²) in [4.78, 5) is 12.6. The van der Waals surface area contributed by atoms with Gasteiger partial charge >= 0.3 is 12.6 Å². The van der Waals surface area contributed by atoms with Gasteiger partial charge < -0.3 is 23.6 Å². The van der Waals surface area contributed by atoms with Gasteiger partial charge in [-0.25, -0.2) is 5.09 Å². The molecule has 4 atom stereocenters. The first kappa shape index (κ1) is 24.8. The summed E-state index contributed by atoms with van der Waals surface area (Å²) in [6.45, 7) is -1.65. The van der Waals surface area contributed by atoms with Crippen molar-refractivity contribution in [1.29, 1.82) is 0 Å². The average molecular weight is 456 g/mol. The predicted octanol–water partition coefficient (Wildman–Crippen LogP) is 3.17. The van der Waals surface area contributed by atoms with Crippen molar-refractivity contribution in [3.63, 3.8) is 0 Å². The molecule has 166 valence electrons. The smallest absolute Gasteiger partial charge is 0.323 e. The summed E-state index contributed by atoms with van der Waals surface area (Å²) >= 11 is 5.63. The third-order valence-corrected chi connectivity index (χ3v) is 7.24. The van der Waals surface area contributed by atoms with E-state index < -0.39 is 30.9 Å². The van der Waals surface area contributed by atoms with E-state index in [9.17, 15) is 9.90 Å². The molecule has 0 aliphatic heterocycles. The molecule has 0 bridgehead atoms. The van der Waals surface area contributed by atoms with Gasteiger partial charge in [0.15, 0.2) is 0 Å². The number of methoxy groups -OCH3 is 1. The molecular formula is C21H30NO6PS. The van der Waals surface area contributed by atoms with Crippen molar-refractivity contribution in [3.8, 4) is 18.1 Å². The monoisotopic (exact) mass is 455 g/mol. The van der Waals surface area contributed by atoms with Gasteiger partial charge in [0, 0.05) is 7.11 Å². The first-order valence-electron chi connectivity index (χ1n) is 10.0. The van der Waals surface area contributed by atoms with Crippen LogP contribution in [0.2, 0.25) is 0 Å². The second-order valence-corrected chi connectivity index (χ2v) is 10.3. The van der Waals surface area contributed by atoms with Gasteiger partial charge in [0.1, 0.15) is 30.1 Å². The average Bonchev–Trinajstić information content (AvgIpc) is 2.75. The molecule has 0 aromatic heterocycles. The summed E-state index contributed by atoms with van der Waals surface area (Å²) in [7, 11) is 1.41. The second kappa shape index (κ2) is 12.4. The van der Waals surface area contributed by atoms with Crippen molar-refractivity contribution in [2.75, 3.05) is 13.7 Å². The topological polar surface area (TPSA) is 86.3 Å². The van der Waals surface area contributed by atoms with E-state index in [-0.39, 0.29) is 12.7 Å². The summed E-state index contributed by atoms with van der Waals surface area (Å²) in [6.07, 6.45) is 8.30. The number of terminal acetylenes is 1. The standard InChI is InChI=1S/C21H30NO6PS/c1-4-19(23)20(25-3)15-26-29(30,28-18-13-9-6-10-14-18)22-16(2)21(24)27-17-11-7-5-8-12-17/h1,6,9-10,13-14,16-17,19-20,23H,5,7-8,11-12,15H2,2-3H3,(H,22,30)/t16?,19-,20?,29?/m0/s1. The Morgan fingerprint density at radius 3 is 2.60 bits per heavy atom. The summed E-state index contributed by atoms with van der Waals surface area (Å²) in [5.41, 5.74) is 0. The molecule has 30 heavy (non-hydrogen) atoms. The molecule has 9 heteroatoms. The molecule has 1 aromatic carbocycles. The largest absolute Gasteiger partial charge is 0.461 e. The minimum Gasteiger partial charge on any atom is -0.461 e. The molecule has 0 saturated heterocycles. The molecule has 0 spiro atoms. The summed E-state index contributed by atoms with van der Waals surface area (Å²) < 4.78 is 22.5. The van der Waals surface area contributed by atoms with Crippen LogP contribution in [0.5, 0.6) is 5.75 Å². The molecule has 3 unspecified atom stereocenters. The first-order chi connectivity index (χ1) is 14.4. The molecule has 0 heterocycles. The van der Waals surface area contributed by atoms with Crippen molar-refractivity contribution in [2.45, 2.75) is 63.4 Å². The van der Waals surface area contributed by atoms with Gasteiger partial charge in [-0.2, -0.15) is 0 Å². The Hall–Kier alpha value is -1.46. The van der Waals surface area contributed by atoms with E-state index >= 15 is 0 Å². The maximum Gasteiger partial charge on any atom is 0.323 e. The quantitative estimate of drug-likeness (QED) is 0.299. The van der Waals surface area contributed by atoms with Gasteiger partial charge in [0.05, 0.1) is 6.61 Å². The molecule has 7 nitrogen and oxygen atoms in total. The number of nitrogens with one attached hydrogen (secondary N) is 1. The Kier molecular flexibility index (Phi) is 10.3. The zero-order valence-electron chi connectivity index (χ0n) is 17.4. The summed E-state index contributed by atoms with van der Waals surface area (Å²) in [6, 6.07) is 8.19. The number of hydrogen-bond donors (Lipinski definition) is 2. The van der Waals surface area contributed by atoms with Crippen molar-refractivity contribution < 1.29 is 28.4 Å². The van der Waals surface area contributed by atoms with Crippen LogP contribution in [0.1, 0.15) is 39.0 Å². The minimum absolute atomic E-state index is 0.0621. The van der Waals surface area contributed by atoms with Crippen LogP contribution in [0.3, 0.4) is 0 Å². The maximum atomic E-state index is 12.6. The van der Waals surface area contributed by atoms with Crippen LogP contribution < -0.4 is 9.61 Å². The lowest BCUT2D eigenvalue weighted by atomic mass is 9.98. The van der Waals surface area contributed by atoms with Crippen LogP contribution in [0, 0.1) is 12.3 Å². The fraction of sp³-hybridized carbons (Fsp3) is 0.571. The summed E-state index contributed by atoms with van der Waals surface area (Å²) in [5, 5.41) is 12.8. The van der Waals surface area contributed by atoms with Crippen LogP contribution in [-0.2, 0) is 30.6 Å². The molecule has 1 aliphatic rings. The zero-order valence-corrected chi connectivity index (χ0v) is 19.1. The highest BCUT2D eigenvalue weighted by molar-refractivity contribution is 8.09. The highest BCUT2D eigenvalue weighted by Gasteiger charge is 2.31. The molecular weight excluding hydrogens is 425 g/mol. The molecule has 2 N–H and O–H groups in total. The number of ether oxygens (including phenoxy) is 2. The Bertz CT molecular complexity index is 750. The molecule has 1 saturated carbocycles. The number of carbonyl (C=O) groups excluding carboxylic acids is 1. The van der Waals surface area contributed by atoms with Gasteiger partial charge in [-0.05, 0) is 56.5 Å². The molecule has 2 rings (SSSR count). The molecule has 1 aliphatic carbocycles. The lowest BCUT2D eigenvalue weighted by Gasteiger charge is -2.29. The normalized spacial score (nSPS) is 19.7. The van der Waals surface area contributed by atoms with E-state index in [4.69, 9.17) is 36.8 Å². The molecule has 1 aromatic rings. The number of para-hydroxylation sites is 1.